The number of hydrogen-bond donors (Lipinski definition) is 3. The van der Waals surface area contributed by atoms with Crippen molar-refractivity contribution >= 4 is 17.9 Å². The lowest BCUT2D eigenvalue weighted by atomic mass is 9.79. The zero-order valence-corrected chi connectivity index (χ0v) is 23.0. The van der Waals surface area contributed by atoms with Crippen LogP contribution in [-0.4, -0.2) is 63.3 Å². The molecule has 2 aromatic rings. The van der Waals surface area contributed by atoms with E-state index in [2.05, 4.69) is 27.9 Å². The van der Waals surface area contributed by atoms with E-state index in [1.54, 1.807) is 0 Å². The van der Waals surface area contributed by atoms with Gasteiger partial charge in [-0.1, -0.05) is 6.07 Å². The van der Waals surface area contributed by atoms with E-state index in [4.69, 9.17) is 14.5 Å². The molecule has 3 aliphatic rings. The number of rotatable bonds is 11. The van der Waals surface area contributed by atoms with Crippen molar-refractivity contribution in [2.45, 2.75) is 102 Å². The highest BCUT2D eigenvalue weighted by Gasteiger charge is 2.35. The van der Waals surface area contributed by atoms with Crippen LogP contribution >= 0.6 is 0 Å². The number of aromatic nitrogens is 3. The van der Waals surface area contributed by atoms with Crippen molar-refractivity contribution < 1.29 is 24.2 Å². The van der Waals surface area contributed by atoms with E-state index in [9.17, 15) is 14.7 Å². The summed E-state index contributed by atoms with van der Waals surface area (Å²) < 4.78 is 13.5. The van der Waals surface area contributed by atoms with E-state index in [-0.39, 0.29) is 31.3 Å². The highest BCUT2D eigenvalue weighted by molar-refractivity contribution is 5.79. The fourth-order valence-corrected chi connectivity index (χ4v) is 6.14. The Morgan fingerprint density at radius 1 is 1.23 bits per heavy atom. The van der Waals surface area contributed by atoms with Crippen LogP contribution in [0, 0.1) is 19.8 Å². The Bertz CT molecular complexity index is 1160. The van der Waals surface area contributed by atoms with Crippen LogP contribution in [0.2, 0.25) is 0 Å². The summed E-state index contributed by atoms with van der Waals surface area (Å²) in [7, 11) is 0. The second-order valence-corrected chi connectivity index (χ2v) is 11.3. The highest BCUT2D eigenvalue weighted by atomic mass is 16.6. The van der Waals surface area contributed by atoms with Gasteiger partial charge in [-0.15, -0.1) is 0 Å². The number of aliphatic carboxylic acids is 1. The molecule has 0 bridgehead atoms. The zero-order valence-electron chi connectivity index (χ0n) is 23.0. The van der Waals surface area contributed by atoms with Gasteiger partial charge < -0.3 is 25.2 Å². The van der Waals surface area contributed by atoms with Gasteiger partial charge in [0.25, 0.3) is 0 Å². The lowest BCUT2D eigenvalue weighted by Crippen LogP contribution is -2.44. The predicted molar refractivity (Wildman–Crippen MR) is 146 cm³/mol. The number of carboxylic acid groups (broad SMARTS) is 1. The van der Waals surface area contributed by atoms with Crippen LogP contribution in [0.3, 0.4) is 0 Å². The number of carboxylic acids is 1. The van der Waals surface area contributed by atoms with Crippen LogP contribution in [0.1, 0.15) is 80.1 Å². The second-order valence-electron chi connectivity index (χ2n) is 11.3. The predicted octanol–water partition coefficient (Wildman–Crippen LogP) is 4.34. The number of carbonyl (C=O) groups excluding carboxylic acids is 1. The Morgan fingerprint density at radius 2 is 2.08 bits per heavy atom. The largest absolute Gasteiger partial charge is 0.480 e. The maximum atomic E-state index is 12.6. The molecule has 5 rings (SSSR count). The molecule has 0 radical (unpaired) electrons. The standard InChI is InChI=1S/C29H41N5O5/c1-18-15-19(2)34(33-18)25-6-3-7-26(25)39-29(37)32-24(28(35)36)12-14-38-23-16-20(17-23)8-10-22-11-9-21-5-4-13-30-27(21)31-22/h9,11,15,20,23-26H,3-8,10,12-14,16-17H2,1-2H3,(H,30,31)(H,32,37)(H,35,36)/t20?,23?,24-,25-,26-/m0/s1. The van der Waals surface area contributed by atoms with Crippen molar-refractivity contribution in [3.8, 4) is 0 Å². The third kappa shape index (κ3) is 6.90. The summed E-state index contributed by atoms with van der Waals surface area (Å²) in [4.78, 5) is 29.1. The molecule has 0 saturated heterocycles. The first-order valence-corrected chi connectivity index (χ1v) is 14.4. The van der Waals surface area contributed by atoms with Gasteiger partial charge in [0.15, 0.2) is 0 Å². The number of carbonyl (C=O) groups is 2. The minimum absolute atomic E-state index is 0.0256. The van der Waals surface area contributed by atoms with Crippen molar-refractivity contribution in [2.24, 2.45) is 5.92 Å². The lowest BCUT2D eigenvalue weighted by molar-refractivity contribution is -0.140. The Labute approximate surface area is 229 Å². The molecule has 212 valence electrons. The number of alkyl carbamates (subject to hydrolysis) is 1. The molecule has 0 spiro atoms. The number of amides is 1. The summed E-state index contributed by atoms with van der Waals surface area (Å²) >= 11 is 0. The molecular formula is C29H41N5O5. The van der Waals surface area contributed by atoms with Crippen LogP contribution in [0.15, 0.2) is 18.2 Å². The van der Waals surface area contributed by atoms with Crippen molar-refractivity contribution in [1.82, 2.24) is 20.1 Å². The van der Waals surface area contributed by atoms with Gasteiger partial charge in [0.2, 0.25) is 0 Å². The first-order valence-electron chi connectivity index (χ1n) is 14.4. The maximum Gasteiger partial charge on any atom is 0.408 e. The smallest absolute Gasteiger partial charge is 0.408 e. The number of nitrogens with zero attached hydrogens (tertiary/aromatic N) is 3. The molecule has 3 heterocycles. The topological polar surface area (TPSA) is 128 Å². The number of anilines is 1. The average Bonchev–Trinajstić information content (AvgIpc) is 3.48. The van der Waals surface area contributed by atoms with Crippen LogP contribution < -0.4 is 10.6 Å². The third-order valence-corrected chi connectivity index (χ3v) is 8.34. The Kier molecular flexibility index (Phi) is 8.69. The van der Waals surface area contributed by atoms with Gasteiger partial charge in [0.1, 0.15) is 18.0 Å². The molecule has 1 aliphatic heterocycles. The third-order valence-electron chi connectivity index (χ3n) is 8.34. The molecule has 10 nitrogen and oxygen atoms in total. The van der Waals surface area contributed by atoms with E-state index < -0.39 is 18.1 Å². The fraction of sp³-hybridized carbons (Fsp3) is 0.655. The molecule has 2 aliphatic carbocycles. The van der Waals surface area contributed by atoms with E-state index in [1.165, 1.54) is 5.56 Å². The van der Waals surface area contributed by atoms with Gasteiger partial charge in [-0.25, -0.2) is 14.6 Å². The van der Waals surface area contributed by atoms with E-state index >= 15 is 0 Å². The van der Waals surface area contributed by atoms with Crippen molar-refractivity contribution in [3.63, 3.8) is 0 Å². The Hall–Kier alpha value is -3.14. The second kappa shape index (κ2) is 12.4. The first kappa shape index (κ1) is 27.4. The zero-order chi connectivity index (χ0) is 27.4. The van der Waals surface area contributed by atoms with Gasteiger partial charge in [0, 0.05) is 31.0 Å². The summed E-state index contributed by atoms with van der Waals surface area (Å²) in [5, 5.41) is 20.1. The molecule has 3 N–H and O–H groups in total. The Balaban J connectivity index is 1.000. The molecule has 1 amide bonds. The summed E-state index contributed by atoms with van der Waals surface area (Å²) in [6.07, 6.45) is 8.12. The van der Waals surface area contributed by atoms with Crippen LogP contribution in [-0.2, 0) is 27.1 Å². The molecule has 0 aromatic carbocycles. The number of nitrogens with one attached hydrogen (secondary N) is 2. The molecule has 2 fully saturated rings. The minimum Gasteiger partial charge on any atom is -0.480 e. The van der Waals surface area contributed by atoms with Gasteiger partial charge in [-0.2, -0.15) is 5.10 Å². The highest BCUT2D eigenvalue weighted by Crippen LogP contribution is 2.35. The molecule has 3 atom stereocenters. The van der Waals surface area contributed by atoms with Gasteiger partial charge in [-0.3, -0.25) is 4.68 Å². The Morgan fingerprint density at radius 3 is 2.85 bits per heavy atom. The van der Waals surface area contributed by atoms with E-state index in [0.29, 0.717) is 5.92 Å². The van der Waals surface area contributed by atoms with Crippen molar-refractivity contribution in [3.05, 3.63) is 40.8 Å². The summed E-state index contributed by atoms with van der Waals surface area (Å²) in [6, 6.07) is 5.28. The summed E-state index contributed by atoms with van der Waals surface area (Å²) in [5.74, 6) is 0.562. The summed E-state index contributed by atoms with van der Waals surface area (Å²) in [5.41, 5.74) is 4.40. The van der Waals surface area contributed by atoms with Gasteiger partial charge in [-0.05, 0) is 95.2 Å². The fourth-order valence-electron chi connectivity index (χ4n) is 6.14. The molecule has 10 heteroatoms. The van der Waals surface area contributed by atoms with Gasteiger partial charge >= 0.3 is 12.1 Å². The number of aryl methyl sites for hydroxylation is 4. The molecule has 2 saturated carbocycles. The monoisotopic (exact) mass is 539 g/mol. The molecule has 2 aromatic heterocycles. The number of ether oxygens (including phenoxy) is 2. The van der Waals surface area contributed by atoms with Gasteiger partial charge in [0.05, 0.1) is 17.8 Å². The number of hydrogen-bond acceptors (Lipinski definition) is 7. The minimum atomic E-state index is -1.09. The van der Waals surface area contributed by atoms with Crippen LogP contribution in [0.4, 0.5) is 10.6 Å². The van der Waals surface area contributed by atoms with Crippen LogP contribution in [0.25, 0.3) is 0 Å². The average molecular weight is 540 g/mol. The summed E-state index contributed by atoms with van der Waals surface area (Å²) in [6.45, 7) is 5.21. The number of fused-ring (bicyclic) bond motifs is 1. The number of pyridine rings is 1. The van der Waals surface area contributed by atoms with E-state index in [0.717, 1.165) is 87.2 Å². The quantitative estimate of drug-likeness (QED) is 0.385. The van der Waals surface area contributed by atoms with Crippen LogP contribution in [0.5, 0.6) is 0 Å². The molecule has 39 heavy (non-hydrogen) atoms. The molecular weight excluding hydrogens is 498 g/mol. The normalized spacial score (nSPS) is 24.8. The van der Waals surface area contributed by atoms with Crippen molar-refractivity contribution in [1.29, 1.82) is 0 Å². The van der Waals surface area contributed by atoms with Crippen molar-refractivity contribution in [2.75, 3.05) is 18.5 Å². The maximum absolute atomic E-state index is 12.6. The first-order chi connectivity index (χ1) is 18.9. The molecule has 0 unspecified atom stereocenters. The lowest BCUT2D eigenvalue weighted by Gasteiger charge is -2.35. The van der Waals surface area contributed by atoms with E-state index in [1.807, 2.05) is 24.6 Å². The SMILES string of the molecule is Cc1cc(C)n([C@H]2CCC[C@@H]2OC(=O)N[C@@H](CCOC2CC(CCc3ccc4c(n3)NCCC4)C2)C(=O)O)n1.